The largest absolute Gasteiger partial charge is 0.489 e. The number of aromatic carboxylic acids is 2. The third-order valence-electron chi connectivity index (χ3n) is 2.15. The molecule has 0 atom stereocenters. The van der Waals surface area contributed by atoms with Gasteiger partial charge in [-0.3, -0.25) is 0 Å². The minimum Gasteiger partial charge on any atom is -0.489 e. The van der Waals surface area contributed by atoms with Crippen molar-refractivity contribution >= 4 is 11.9 Å². The highest BCUT2D eigenvalue weighted by molar-refractivity contribution is 6.02. The van der Waals surface area contributed by atoms with Crippen LogP contribution in [0.25, 0.3) is 0 Å². The summed E-state index contributed by atoms with van der Waals surface area (Å²) in [5.74, 6) is -2.65. The number of carboxylic acid groups (broad SMARTS) is 2. The summed E-state index contributed by atoms with van der Waals surface area (Å²) < 4.78 is 5.32. The highest BCUT2D eigenvalue weighted by Crippen LogP contribution is 2.30. The Bertz CT molecular complexity index is 453. The summed E-state index contributed by atoms with van der Waals surface area (Å²) in [6.45, 7) is 0. The zero-order chi connectivity index (χ0) is 11.7. The quantitative estimate of drug-likeness (QED) is 0.790. The maximum atomic E-state index is 11.0. The van der Waals surface area contributed by atoms with Crippen LogP contribution in [0.3, 0.4) is 0 Å². The minimum absolute atomic E-state index is 0.00199. The molecule has 2 N–H and O–H groups in total. The summed E-state index contributed by atoms with van der Waals surface area (Å²) in [5, 5.41) is 17.8. The number of nitrogens with zero attached hydrogens (tertiary/aromatic N) is 1. The average molecular weight is 223 g/mol. The lowest BCUT2D eigenvalue weighted by atomic mass is 10.1. The summed E-state index contributed by atoms with van der Waals surface area (Å²) in [6, 6.07) is 1.37. The van der Waals surface area contributed by atoms with Gasteiger partial charge < -0.3 is 14.9 Å². The molecule has 16 heavy (non-hydrogen) atoms. The minimum atomic E-state index is -1.38. The van der Waals surface area contributed by atoms with Gasteiger partial charge in [-0.1, -0.05) is 0 Å². The molecule has 6 nitrogen and oxygen atoms in total. The molecule has 0 aliphatic heterocycles. The second-order valence-corrected chi connectivity index (χ2v) is 3.46. The number of carbonyl (C=O) groups is 2. The summed E-state index contributed by atoms with van der Waals surface area (Å²) in [5.41, 5.74) is -0.882. The van der Waals surface area contributed by atoms with Crippen molar-refractivity contribution in [2.45, 2.75) is 18.9 Å². The van der Waals surface area contributed by atoms with Crippen LogP contribution in [0, 0.1) is 0 Å². The standard InChI is InChI=1S/C10H9NO5/c12-9(13)7-6(16-5-1-2-5)3-4-11-8(7)10(14)15/h3-5H,1-2H2,(H,12,13)(H,14,15). The molecule has 0 spiro atoms. The predicted molar refractivity (Wildman–Crippen MR) is 51.8 cm³/mol. The fourth-order valence-electron chi connectivity index (χ4n) is 1.28. The molecule has 1 fully saturated rings. The van der Waals surface area contributed by atoms with Gasteiger partial charge in [0.05, 0.1) is 6.10 Å². The number of pyridine rings is 1. The maximum Gasteiger partial charge on any atom is 0.355 e. The van der Waals surface area contributed by atoms with Crippen LogP contribution in [0.2, 0.25) is 0 Å². The van der Waals surface area contributed by atoms with Crippen LogP contribution in [0.15, 0.2) is 12.3 Å². The molecule has 1 aliphatic rings. The van der Waals surface area contributed by atoms with Crippen molar-refractivity contribution in [2.24, 2.45) is 0 Å². The van der Waals surface area contributed by atoms with Crippen molar-refractivity contribution in [3.8, 4) is 5.75 Å². The van der Waals surface area contributed by atoms with Gasteiger partial charge in [-0.15, -0.1) is 0 Å². The zero-order valence-electron chi connectivity index (χ0n) is 8.21. The SMILES string of the molecule is O=C(O)c1nccc(OC2CC2)c1C(=O)O. The van der Waals surface area contributed by atoms with E-state index in [9.17, 15) is 9.59 Å². The first-order chi connectivity index (χ1) is 7.59. The van der Waals surface area contributed by atoms with E-state index in [4.69, 9.17) is 14.9 Å². The van der Waals surface area contributed by atoms with Crippen molar-refractivity contribution in [1.82, 2.24) is 4.98 Å². The Morgan fingerprint density at radius 3 is 2.50 bits per heavy atom. The van der Waals surface area contributed by atoms with Crippen LogP contribution < -0.4 is 4.74 Å². The van der Waals surface area contributed by atoms with E-state index < -0.39 is 17.6 Å². The second kappa shape index (κ2) is 3.80. The van der Waals surface area contributed by atoms with E-state index >= 15 is 0 Å². The summed E-state index contributed by atoms with van der Waals surface area (Å²) in [7, 11) is 0. The van der Waals surface area contributed by atoms with E-state index in [0.717, 1.165) is 12.8 Å². The Morgan fingerprint density at radius 1 is 1.31 bits per heavy atom. The summed E-state index contributed by atoms with van der Waals surface area (Å²) in [6.07, 6.45) is 2.96. The first-order valence-corrected chi connectivity index (χ1v) is 4.72. The number of carboxylic acids is 2. The maximum absolute atomic E-state index is 11.0. The third kappa shape index (κ3) is 1.95. The molecule has 0 aromatic carbocycles. The Balaban J connectivity index is 2.45. The zero-order valence-corrected chi connectivity index (χ0v) is 8.21. The molecule has 84 valence electrons. The van der Waals surface area contributed by atoms with E-state index in [1.165, 1.54) is 12.3 Å². The van der Waals surface area contributed by atoms with Gasteiger partial charge in [-0.2, -0.15) is 0 Å². The van der Waals surface area contributed by atoms with E-state index in [-0.39, 0.29) is 17.4 Å². The van der Waals surface area contributed by atoms with Crippen LogP contribution in [-0.4, -0.2) is 33.2 Å². The number of hydrogen-bond donors (Lipinski definition) is 2. The molecule has 0 saturated heterocycles. The van der Waals surface area contributed by atoms with Gasteiger partial charge in [0, 0.05) is 6.20 Å². The van der Waals surface area contributed by atoms with E-state index in [0.29, 0.717) is 0 Å². The second-order valence-electron chi connectivity index (χ2n) is 3.46. The smallest absolute Gasteiger partial charge is 0.355 e. The van der Waals surface area contributed by atoms with Crippen molar-refractivity contribution < 1.29 is 24.5 Å². The normalized spacial score (nSPS) is 14.5. The Labute approximate surface area is 90.5 Å². The fraction of sp³-hybridized carbons (Fsp3) is 0.300. The van der Waals surface area contributed by atoms with Gasteiger partial charge in [0.15, 0.2) is 5.69 Å². The number of hydrogen-bond acceptors (Lipinski definition) is 4. The van der Waals surface area contributed by atoms with Gasteiger partial charge in [-0.25, -0.2) is 14.6 Å². The van der Waals surface area contributed by atoms with Crippen molar-refractivity contribution in [1.29, 1.82) is 0 Å². The van der Waals surface area contributed by atoms with Gasteiger partial charge in [0.25, 0.3) is 0 Å². The highest BCUT2D eigenvalue weighted by Gasteiger charge is 2.28. The average Bonchev–Trinajstić information content (AvgIpc) is 3.00. The third-order valence-corrected chi connectivity index (χ3v) is 2.15. The fourth-order valence-corrected chi connectivity index (χ4v) is 1.28. The first-order valence-electron chi connectivity index (χ1n) is 4.72. The lowest BCUT2D eigenvalue weighted by Gasteiger charge is -2.09. The van der Waals surface area contributed by atoms with Crippen molar-refractivity contribution in [2.75, 3.05) is 0 Å². The van der Waals surface area contributed by atoms with Crippen LogP contribution in [0.5, 0.6) is 5.75 Å². The molecular weight excluding hydrogens is 214 g/mol. The summed E-state index contributed by atoms with van der Waals surface area (Å²) in [4.78, 5) is 25.3. The summed E-state index contributed by atoms with van der Waals surface area (Å²) >= 11 is 0. The highest BCUT2D eigenvalue weighted by atomic mass is 16.5. The van der Waals surface area contributed by atoms with Gasteiger partial charge in [-0.05, 0) is 18.9 Å². The molecule has 6 heteroatoms. The van der Waals surface area contributed by atoms with Gasteiger partial charge in [0.2, 0.25) is 0 Å². The molecular formula is C10H9NO5. The topological polar surface area (TPSA) is 96.7 Å². The monoisotopic (exact) mass is 223 g/mol. The van der Waals surface area contributed by atoms with Crippen LogP contribution >= 0.6 is 0 Å². The van der Waals surface area contributed by atoms with Gasteiger partial charge in [0.1, 0.15) is 11.3 Å². The molecule has 1 aliphatic carbocycles. The number of rotatable bonds is 4. The van der Waals surface area contributed by atoms with Gasteiger partial charge >= 0.3 is 11.9 Å². The van der Waals surface area contributed by atoms with Crippen LogP contribution in [0.1, 0.15) is 33.7 Å². The van der Waals surface area contributed by atoms with E-state index in [2.05, 4.69) is 4.98 Å². The first kappa shape index (κ1) is 10.4. The lowest BCUT2D eigenvalue weighted by molar-refractivity contribution is 0.0641. The number of aromatic nitrogens is 1. The van der Waals surface area contributed by atoms with Crippen molar-refractivity contribution in [3.63, 3.8) is 0 Å². The molecule has 0 unspecified atom stereocenters. The molecule has 1 heterocycles. The Hall–Kier alpha value is -2.11. The van der Waals surface area contributed by atoms with Crippen molar-refractivity contribution in [3.05, 3.63) is 23.5 Å². The van der Waals surface area contributed by atoms with E-state index in [1.54, 1.807) is 0 Å². The molecule has 0 amide bonds. The Morgan fingerprint density at radius 2 is 2.00 bits per heavy atom. The molecule has 1 aromatic heterocycles. The molecule has 0 bridgehead atoms. The lowest BCUT2D eigenvalue weighted by Crippen LogP contribution is -2.13. The van der Waals surface area contributed by atoms with E-state index in [1.807, 2.05) is 0 Å². The molecule has 2 rings (SSSR count). The predicted octanol–water partition coefficient (Wildman–Crippen LogP) is 1.02. The Kier molecular flexibility index (Phi) is 2.47. The van der Waals surface area contributed by atoms with Crippen LogP contribution in [-0.2, 0) is 0 Å². The molecule has 1 aromatic rings. The number of ether oxygens (including phenoxy) is 1. The van der Waals surface area contributed by atoms with Crippen LogP contribution in [0.4, 0.5) is 0 Å². The molecule has 1 saturated carbocycles. The molecule has 0 radical (unpaired) electrons.